The standard InChI is InChI=1S/C27H27N2S2.C13H24O2.Ir/c1-14-10-15(2)12-18(11-14)23-26-22(16(3)28-29-23)20-9-8-19-21(13-27(5,6)7)17(4)30-24(19)25(20)31-26;1-5-10(6-2)12(14)9-13(15)11(7-3)8-4;/h8-11H,13H2,1-7H3;9-11,14H,5-8H2,1-4H3;/q-1;;/b;12-9-;. The van der Waals surface area contributed by atoms with Crippen LogP contribution in [0.3, 0.4) is 0 Å². The molecule has 0 aliphatic rings. The van der Waals surface area contributed by atoms with Crippen LogP contribution in [0.2, 0.25) is 0 Å². The molecule has 0 bridgehead atoms. The minimum atomic E-state index is 0. The molecule has 0 aliphatic heterocycles. The van der Waals surface area contributed by atoms with E-state index in [2.05, 4.69) is 89.0 Å². The van der Waals surface area contributed by atoms with Crippen molar-refractivity contribution in [1.82, 2.24) is 10.2 Å². The molecule has 5 rings (SSSR count). The SMILES string of the molecule is CCC(CC)C(=O)/C=C(\O)C(CC)CC.Cc1[c-]c(-c2nnc(C)c3c2sc2c3ccc3c(CC(C)(C)C)c(C)sc32)cc(C)c1.[Ir]. The summed E-state index contributed by atoms with van der Waals surface area (Å²) >= 11 is 3.80. The zero-order chi connectivity index (χ0) is 33.9. The van der Waals surface area contributed by atoms with E-state index < -0.39 is 0 Å². The Morgan fingerprint density at radius 2 is 1.47 bits per heavy atom. The first-order valence-corrected chi connectivity index (χ1v) is 18.4. The van der Waals surface area contributed by atoms with Crippen molar-refractivity contribution >= 4 is 58.7 Å². The fraction of sp³-hybridized carbons (Fsp3) is 0.475. The zero-order valence-electron chi connectivity index (χ0n) is 30.0. The van der Waals surface area contributed by atoms with Crippen LogP contribution in [0.25, 0.3) is 41.5 Å². The summed E-state index contributed by atoms with van der Waals surface area (Å²) in [5, 5.41) is 22.9. The molecule has 5 aromatic rings. The molecule has 0 saturated heterocycles. The number of aliphatic hydroxyl groups is 1. The van der Waals surface area contributed by atoms with Gasteiger partial charge in [-0.15, -0.1) is 57.6 Å². The minimum absolute atomic E-state index is 0. The van der Waals surface area contributed by atoms with Crippen molar-refractivity contribution in [2.45, 2.75) is 108 Å². The zero-order valence-corrected chi connectivity index (χ0v) is 34.0. The number of aliphatic hydroxyl groups excluding tert-OH is 1. The molecule has 47 heavy (non-hydrogen) atoms. The van der Waals surface area contributed by atoms with E-state index >= 15 is 0 Å². The molecule has 0 fully saturated rings. The Balaban J connectivity index is 0.000000322. The normalized spacial score (nSPS) is 12.2. The molecular formula is C40H51IrN2O2S2-. The first-order chi connectivity index (χ1) is 21.7. The Morgan fingerprint density at radius 1 is 0.872 bits per heavy atom. The number of hydrogen-bond donors (Lipinski definition) is 1. The van der Waals surface area contributed by atoms with Gasteiger partial charge in [0, 0.05) is 64.1 Å². The Morgan fingerprint density at radius 3 is 2.04 bits per heavy atom. The van der Waals surface area contributed by atoms with Crippen LogP contribution < -0.4 is 0 Å². The number of allylic oxidation sites excluding steroid dienone is 2. The van der Waals surface area contributed by atoms with E-state index in [1.165, 1.54) is 52.3 Å². The number of ketones is 1. The van der Waals surface area contributed by atoms with E-state index in [4.69, 9.17) is 0 Å². The van der Waals surface area contributed by atoms with E-state index in [1.807, 2.05) is 50.4 Å². The Hall–Kier alpha value is -2.44. The molecule has 0 atom stereocenters. The first-order valence-electron chi connectivity index (χ1n) is 16.8. The van der Waals surface area contributed by atoms with Gasteiger partial charge in [-0.2, -0.15) is 10.2 Å². The number of hydrogen-bond acceptors (Lipinski definition) is 6. The van der Waals surface area contributed by atoms with Crippen LogP contribution in [0.5, 0.6) is 0 Å². The van der Waals surface area contributed by atoms with Crippen molar-refractivity contribution in [1.29, 1.82) is 0 Å². The summed E-state index contributed by atoms with van der Waals surface area (Å²) in [4.78, 5) is 13.2. The van der Waals surface area contributed by atoms with Crippen LogP contribution in [0.15, 0.2) is 36.1 Å². The molecular weight excluding hydrogens is 797 g/mol. The molecule has 4 nitrogen and oxygen atoms in total. The number of aryl methyl sites for hydroxylation is 4. The number of carbonyl (C=O) groups is 1. The van der Waals surface area contributed by atoms with Crippen molar-refractivity contribution in [2.75, 3.05) is 0 Å². The summed E-state index contributed by atoms with van der Waals surface area (Å²) in [6.07, 6.45) is 6.00. The van der Waals surface area contributed by atoms with Crippen LogP contribution in [0.1, 0.15) is 101 Å². The number of thiophene rings is 2. The average molecular weight is 848 g/mol. The second-order valence-corrected chi connectivity index (χ2v) is 16.1. The van der Waals surface area contributed by atoms with Crippen molar-refractivity contribution in [3.8, 4) is 11.3 Å². The van der Waals surface area contributed by atoms with E-state index in [0.29, 0.717) is 0 Å². The maximum absolute atomic E-state index is 11.7. The number of aromatic nitrogens is 2. The third-order valence-electron chi connectivity index (χ3n) is 8.89. The van der Waals surface area contributed by atoms with Crippen LogP contribution in [-0.4, -0.2) is 21.1 Å². The fourth-order valence-electron chi connectivity index (χ4n) is 6.35. The van der Waals surface area contributed by atoms with Crippen LogP contribution in [-0.2, 0) is 31.3 Å². The van der Waals surface area contributed by atoms with Gasteiger partial charge in [-0.25, -0.2) is 0 Å². The Kier molecular flexibility index (Phi) is 13.5. The second kappa shape index (κ2) is 16.3. The molecule has 1 radical (unpaired) electrons. The summed E-state index contributed by atoms with van der Waals surface area (Å²) in [6, 6.07) is 12.5. The molecule has 0 aliphatic carbocycles. The first kappa shape index (κ1) is 39.0. The third-order valence-corrected chi connectivity index (χ3v) is 11.4. The van der Waals surface area contributed by atoms with Gasteiger partial charge in [0.2, 0.25) is 0 Å². The second-order valence-electron chi connectivity index (χ2n) is 13.9. The van der Waals surface area contributed by atoms with E-state index in [9.17, 15) is 9.90 Å². The molecule has 0 amide bonds. The predicted molar refractivity (Wildman–Crippen MR) is 201 cm³/mol. The topological polar surface area (TPSA) is 63.1 Å². The molecule has 255 valence electrons. The van der Waals surface area contributed by atoms with Gasteiger partial charge in [0.05, 0.1) is 20.9 Å². The Bertz CT molecular complexity index is 1870. The molecule has 3 aromatic heterocycles. The average Bonchev–Trinajstić information content (AvgIpc) is 3.52. The van der Waals surface area contributed by atoms with Gasteiger partial charge < -0.3 is 5.11 Å². The van der Waals surface area contributed by atoms with Crippen molar-refractivity contribution < 1.29 is 30.0 Å². The van der Waals surface area contributed by atoms with Crippen molar-refractivity contribution in [3.05, 3.63) is 69.4 Å². The number of carbonyl (C=O) groups excluding carboxylic acids is 1. The maximum atomic E-state index is 11.7. The van der Waals surface area contributed by atoms with Gasteiger partial charge in [0.15, 0.2) is 5.78 Å². The van der Waals surface area contributed by atoms with Gasteiger partial charge in [-0.3, -0.25) is 4.79 Å². The monoisotopic (exact) mass is 848 g/mol. The van der Waals surface area contributed by atoms with Gasteiger partial charge in [0.25, 0.3) is 0 Å². The third kappa shape index (κ3) is 8.78. The molecule has 3 heterocycles. The van der Waals surface area contributed by atoms with E-state index in [1.54, 1.807) is 0 Å². The number of benzene rings is 2. The minimum Gasteiger partial charge on any atom is -0.512 e. The summed E-state index contributed by atoms with van der Waals surface area (Å²) in [5.74, 6) is 0.547. The van der Waals surface area contributed by atoms with E-state index in [0.717, 1.165) is 54.6 Å². The summed E-state index contributed by atoms with van der Waals surface area (Å²) in [6.45, 7) is 23.6. The predicted octanol–water partition coefficient (Wildman–Crippen LogP) is 12.2. The molecule has 0 spiro atoms. The van der Waals surface area contributed by atoms with Gasteiger partial charge in [-0.05, 0) is 62.3 Å². The Labute approximate surface area is 303 Å². The molecule has 1 N–H and O–H groups in total. The van der Waals surface area contributed by atoms with Crippen molar-refractivity contribution in [3.63, 3.8) is 0 Å². The quantitative estimate of drug-likeness (QED) is 0.0912. The van der Waals surface area contributed by atoms with Crippen LogP contribution >= 0.6 is 22.7 Å². The van der Waals surface area contributed by atoms with Gasteiger partial charge >= 0.3 is 0 Å². The smallest absolute Gasteiger partial charge is 0.162 e. The fourth-order valence-corrected chi connectivity index (χ4v) is 9.01. The van der Waals surface area contributed by atoms with E-state index in [-0.39, 0.29) is 48.9 Å². The van der Waals surface area contributed by atoms with Crippen molar-refractivity contribution in [2.24, 2.45) is 17.3 Å². The van der Waals surface area contributed by atoms with Crippen LogP contribution in [0, 0.1) is 51.0 Å². The number of rotatable bonds is 9. The van der Waals surface area contributed by atoms with Gasteiger partial charge in [0.1, 0.15) is 0 Å². The number of nitrogens with zero attached hydrogens (tertiary/aromatic N) is 2. The van der Waals surface area contributed by atoms with Gasteiger partial charge in [-0.1, -0.05) is 74.4 Å². The summed E-state index contributed by atoms with van der Waals surface area (Å²) in [7, 11) is 0. The largest absolute Gasteiger partial charge is 0.512 e. The maximum Gasteiger partial charge on any atom is 0.162 e. The molecule has 7 heteroatoms. The summed E-state index contributed by atoms with van der Waals surface area (Å²) < 4.78 is 3.99. The summed E-state index contributed by atoms with van der Waals surface area (Å²) in [5.41, 5.74) is 7.11. The molecule has 0 saturated carbocycles. The number of fused-ring (bicyclic) bond motifs is 5. The molecule has 2 aromatic carbocycles. The van der Waals surface area contributed by atoms with Crippen LogP contribution in [0.4, 0.5) is 0 Å². The molecule has 0 unspecified atom stereocenters.